The van der Waals surface area contributed by atoms with Crippen LogP contribution in [0.1, 0.15) is 58.9 Å². The highest BCUT2D eigenvalue weighted by Gasteiger charge is 2.20. The van der Waals surface area contributed by atoms with Crippen molar-refractivity contribution in [2.75, 3.05) is 6.54 Å². The Morgan fingerprint density at radius 2 is 1.72 bits per heavy atom. The second kappa shape index (κ2) is 11.7. The second-order valence-corrected chi connectivity index (χ2v) is 7.31. The van der Waals surface area contributed by atoms with E-state index in [0.29, 0.717) is 31.2 Å². The highest BCUT2D eigenvalue weighted by Crippen LogP contribution is 2.16. The number of nitrogens with one attached hydrogen (secondary N) is 2. The van der Waals surface area contributed by atoms with Crippen LogP contribution in [0.25, 0.3) is 0 Å². The molecule has 1 rings (SSSR count). The molecule has 25 heavy (non-hydrogen) atoms. The summed E-state index contributed by atoms with van der Waals surface area (Å²) in [6, 6.07) is 9.59. The van der Waals surface area contributed by atoms with Crippen LogP contribution in [-0.2, 0) is 16.0 Å². The quantitative estimate of drug-likeness (QED) is 0.642. The van der Waals surface area contributed by atoms with Gasteiger partial charge in [0, 0.05) is 13.0 Å². The molecule has 0 bridgehead atoms. The number of hydrogen-bond donors (Lipinski definition) is 2. The van der Waals surface area contributed by atoms with Crippen molar-refractivity contribution in [3.63, 3.8) is 0 Å². The first-order valence-corrected chi connectivity index (χ1v) is 9.53. The Hall–Kier alpha value is -1.84. The van der Waals surface area contributed by atoms with Crippen LogP contribution in [-0.4, -0.2) is 24.4 Å². The van der Waals surface area contributed by atoms with Crippen LogP contribution in [0.3, 0.4) is 0 Å². The Balaban J connectivity index is 2.51. The number of carbonyl (C=O) groups excluding carboxylic acids is 2. The van der Waals surface area contributed by atoms with Gasteiger partial charge in [-0.15, -0.1) is 0 Å². The Kier molecular flexibility index (Phi) is 9.90. The van der Waals surface area contributed by atoms with Crippen LogP contribution in [0.4, 0.5) is 0 Å². The molecule has 0 saturated carbocycles. The summed E-state index contributed by atoms with van der Waals surface area (Å²) in [6.45, 7) is 9.05. The molecule has 1 aromatic carbocycles. The average Bonchev–Trinajstić information content (AvgIpc) is 2.57. The second-order valence-electron chi connectivity index (χ2n) is 7.31. The molecule has 2 atom stereocenters. The molecule has 0 aliphatic heterocycles. The molecule has 2 N–H and O–H groups in total. The average molecular weight is 347 g/mol. The van der Waals surface area contributed by atoms with Crippen LogP contribution >= 0.6 is 0 Å². The number of benzene rings is 1. The first kappa shape index (κ1) is 21.2. The molecule has 0 radical (unpaired) electrons. The minimum absolute atomic E-state index is 0.0279. The molecule has 0 heterocycles. The van der Waals surface area contributed by atoms with E-state index in [2.05, 4.69) is 31.4 Å². The monoisotopic (exact) mass is 346 g/mol. The number of likely N-dealkylation sites (N-methyl/N-ethyl adjacent to an activating group) is 1. The molecule has 0 saturated heterocycles. The first-order chi connectivity index (χ1) is 11.9. The van der Waals surface area contributed by atoms with Crippen molar-refractivity contribution in [1.82, 2.24) is 10.6 Å². The van der Waals surface area contributed by atoms with Crippen molar-refractivity contribution in [1.29, 1.82) is 0 Å². The third-order valence-corrected chi connectivity index (χ3v) is 4.31. The van der Waals surface area contributed by atoms with Crippen LogP contribution in [0, 0.1) is 11.8 Å². The van der Waals surface area contributed by atoms with Crippen molar-refractivity contribution in [2.45, 2.75) is 65.8 Å². The molecule has 0 aliphatic carbocycles. The highest BCUT2D eigenvalue weighted by atomic mass is 16.2. The Morgan fingerprint density at radius 1 is 1.04 bits per heavy atom. The van der Waals surface area contributed by atoms with Crippen molar-refractivity contribution < 1.29 is 9.59 Å². The Morgan fingerprint density at radius 3 is 2.32 bits per heavy atom. The van der Waals surface area contributed by atoms with Crippen molar-refractivity contribution in [3.8, 4) is 0 Å². The van der Waals surface area contributed by atoms with Gasteiger partial charge in [-0.2, -0.15) is 0 Å². The lowest BCUT2D eigenvalue weighted by Gasteiger charge is -2.19. The lowest BCUT2D eigenvalue weighted by Crippen LogP contribution is -2.47. The first-order valence-electron chi connectivity index (χ1n) is 9.53. The van der Waals surface area contributed by atoms with Gasteiger partial charge in [-0.1, -0.05) is 51.1 Å². The number of rotatable bonds is 11. The van der Waals surface area contributed by atoms with Gasteiger partial charge in [-0.25, -0.2) is 0 Å². The fraction of sp³-hybridized carbons (Fsp3) is 0.619. The molecule has 1 aromatic rings. The van der Waals surface area contributed by atoms with Crippen LogP contribution in [0.15, 0.2) is 30.3 Å². The molecule has 0 fully saturated rings. The largest absolute Gasteiger partial charge is 0.355 e. The summed E-state index contributed by atoms with van der Waals surface area (Å²) >= 11 is 0. The van der Waals surface area contributed by atoms with Crippen molar-refractivity contribution in [3.05, 3.63) is 35.9 Å². The van der Waals surface area contributed by atoms with E-state index in [1.54, 1.807) is 0 Å². The van der Waals surface area contributed by atoms with Crippen molar-refractivity contribution in [2.24, 2.45) is 11.8 Å². The van der Waals surface area contributed by atoms with E-state index in [0.717, 1.165) is 19.3 Å². The lowest BCUT2D eigenvalue weighted by molar-refractivity contribution is -0.129. The van der Waals surface area contributed by atoms with Crippen LogP contribution < -0.4 is 10.6 Å². The fourth-order valence-electron chi connectivity index (χ4n) is 3.09. The maximum absolute atomic E-state index is 12.3. The minimum Gasteiger partial charge on any atom is -0.355 e. The van der Waals surface area contributed by atoms with E-state index in [1.165, 1.54) is 5.56 Å². The number of carbonyl (C=O) groups is 2. The van der Waals surface area contributed by atoms with E-state index in [9.17, 15) is 9.59 Å². The molecule has 0 spiro atoms. The van der Waals surface area contributed by atoms with Crippen LogP contribution in [0.5, 0.6) is 0 Å². The number of hydrogen-bond acceptors (Lipinski definition) is 2. The zero-order valence-corrected chi connectivity index (χ0v) is 16.2. The molecular formula is C21H34N2O2. The maximum atomic E-state index is 12.3. The Labute approximate surface area is 152 Å². The fourth-order valence-corrected chi connectivity index (χ4v) is 3.09. The predicted molar refractivity (Wildman–Crippen MR) is 103 cm³/mol. The summed E-state index contributed by atoms with van der Waals surface area (Å²) in [6.07, 6.45) is 3.86. The van der Waals surface area contributed by atoms with Gasteiger partial charge >= 0.3 is 0 Å². The lowest BCUT2D eigenvalue weighted by atomic mass is 9.94. The topological polar surface area (TPSA) is 58.2 Å². The highest BCUT2D eigenvalue weighted by molar-refractivity contribution is 5.87. The number of amides is 2. The van der Waals surface area contributed by atoms with Crippen molar-refractivity contribution >= 4 is 11.8 Å². The normalized spacial score (nSPS) is 13.3. The standard InChI is InChI=1S/C21H34N2O2/c1-5-22-21(25)19(13-12-18-9-7-6-8-10-18)23-20(24)14-11-17(4)15-16(2)3/h6-10,16-17,19H,5,11-15H2,1-4H3,(H,22,25)(H,23,24)/t17?,19-/m0/s1. The summed E-state index contributed by atoms with van der Waals surface area (Å²) < 4.78 is 0. The van der Waals surface area contributed by atoms with Gasteiger partial charge in [0.1, 0.15) is 6.04 Å². The zero-order chi connectivity index (χ0) is 18.7. The smallest absolute Gasteiger partial charge is 0.242 e. The molecule has 140 valence electrons. The Bertz CT molecular complexity index is 514. The van der Waals surface area contributed by atoms with Gasteiger partial charge in [0.05, 0.1) is 0 Å². The molecule has 0 aliphatic rings. The van der Waals surface area contributed by atoms with E-state index < -0.39 is 6.04 Å². The molecule has 1 unspecified atom stereocenters. The summed E-state index contributed by atoms with van der Waals surface area (Å²) in [5.41, 5.74) is 1.18. The molecule has 0 aromatic heterocycles. The third kappa shape index (κ3) is 9.28. The van der Waals surface area contributed by atoms with Gasteiger partial charge in [0.25, 0.3) is 0 Å². The van der Waals surface area contributed by atoms with Gasteiger partial charge in [-0.05, 0) is 50.0 Å². The summed E-state index contributed by atoms with van der Waals surface area (Å²) in [7, 11) is 0. The minimum atomic E-state index is -0.465. The van der Waals surface area contributed by atoms with E-state index >= 15 is 0 Å². The van der Waals surface area contributed by atoms with E-state index in [1.807, 2.05) is 37.3 Å². The molecular weight excluding hydrogens is 312 g/mol. The van der Waals surface area contributed by atoms with E-state index in [-0.39, 0.29) is 11.8 Å². The molecule has 4 heteroatoms. The predicted octanol–water partition coefficient (Wildman–Crippen LogP) is 3.70. The van der Waals surface area contributed by atoms with Gasteiger partial charge in [0.2, 0.25) is 11.8 Å². The summed E-state index contributed by atoms with van der Waals surface area (Å²) in [5.74, 6) is 1.05. The number of aryl methyl sites for hydroxylation is 1. The summed E-state index contributed by atoms with van der Waals surface area (Å²) in [4.78, 5) is 24.5. The van der Waals surface area contributed by atoms with Gasteiger partial charge in [0.15, 0.2) is 0 Å². The SMILES string of the molecule is CCNC(=O)[C@H](CCc1ccccc1)NC(=O)CCC(C)CC(C)C. The third-order valence-electron chi connectivity index (χ3n) is 4.31. The summed E-state index contributed by atoms with van der Waals surface area (Å²) in [5, 5.41) is 5.75. The maximum Gasteiger partial charge on any atom is 0.242 e. The van der Waals surface area contributed by atoms with Gasteiger partial charge in [-0.3, -0.25) is 9.59 Å². The molecule has 4 nitrogen and oxygen atoms in total. The van der Waals surface area contributed by atoms with Crippen LogP contribution in [0.2, 0.25) is 0 Å². The van der Waals surface area contributed by atoms with E-state index in [4.69, 9.17) is 0 Å². The zero-order valence-electron chi connectivity index (χ0n) is 16.2. The van der Waals surface area contributed by atoms with Gasteiger partial charge < -0.3 is 10.6 Å². The molecule has 2 amide bonds.